The van der Waals surface area contributed by atoms with Crippen molar-refractivity contribution < 1.29 is 25.8 Å². The molecule has 0 radical (unpaired) electrons. The molecule has 11 heteroatoms. The molecule has 0 saturated carbocycles. The second kappa shape index (κ2) is 5.82. The molecule has 1 N–H and O–H groups in total. The van der Waals surface area contributed by atoms with Crippen LogP contribution >= 0.6 is 0 Å². The van der Waals surface area contributed by atoms with Gasteiger partial charge in [0.1, 0.15) is 15.7 Å². The molecule has 0 amide bonds. The fourth-order valence-corrected chi connectivity index (χ4v) is 3.71. The number of nitrogens with zero attached hydrogens (tertiary/aromatic N) is 2. The second-order valence-corrected chi connectivity index (χ2v) is 7.28. The SMILES string of the molecule is Cc1nn(C)c(C)c1S(=O)(=O)NCCS(=O)C(F)(F)F. The number of sulfonamides is 1. The number of rotatable bonds is 5. The Hall–Kier alpha value is -0.940. The van der Waals surface area contributed by atoms with Gasteiger partial charge < -0.3 is 0 Å². The molecule has 0 aliphatic rings. The van der Waals surface area contributed by atoms with Gasteiger partial charge in [-0.15, -0.1) is 0 Å². The van der Waals surface area contributed by atoms with Crippen LogP contribution in [-0.2, 0) is 27.9 Å². The van der Waals surface area contributed by atoms with Crippen LogP contribution in [0.2, 0.25) is 0 Å². The molecule has 1 atom stereocenters. The normalized spacial score (nSPS) is 14.5. The zero-order valence-corrected chi connectivity index (χ0v) is 12.6. The van der Waals surface area contributed by atoms with Crippen molar-refractivity contribution >= 4 is 20.8 Å². The average Bonchev–Trinajstić information content (AvgIpc) is 2.51. The van der Waals surface area contributed by atoms with E-state index in [1.807, 2.05) is 4.72 Å². The van der Waals surface area contributed by atoms with E-state index in [1.54, 1.807) is 7.05 Å². The molecule has 0 saturated heterocycles. The summed E-state index contributed by atoms with van der Waals surface area (Å²) in [6.07, 6.45) is 0. The van der Waals surface area contributed by atoms with E-state index < -0.39 is 38.6 Å². The number of alkyl halides is 3. The molecule has 0 aliphatic carbocycles. The largest absolute Gasteiger partial charge is 0.471 e. The molecular formula is C9H14F3N3O3S2. The number of hydrogen-bond donors (Lipinski definition) is 1. The lowest BCUT2D eigenvalue weighted by Gasteiger charge is -2.08. The van der Waals surface area contributed by atoms with E-state index in [4.69, 9.17) is 0 Å². The van der Waals surface area contributed by atoms with Gasteiger partial charge in [0.25, 0.3) is 0 Å². The summed E-state index contributed by atoms with van der Waals surface area (Å²) in [4.78, 5) is -0.0715. The highest BCUT2D eigenvalue weighted by Crippen LogP contribution is 2.20. The highest BCUT2D eigenvalue weighted by molar-refractivity contribution is 7.89. The van der Waals surface area contributed by atoms with Gasteiger partial charge in [0.2, 0.25) is 10.0 Å². The fourth-order valence-electron chi connectivity index (χ4n) is 1.60. The van der Waals surface area contributed by atoms with Crippen LogP contribution in [0.4, 0.5) is 13.2 Å². The minimum absolute atomic E-state index is 0.0715. The third-order valence-corrected chi connectivity index (χ3v) is 5.35. The van der Waals surface area contributed by atoms with E-state index in [2.05, 4.69) is 5.10 Å². The van der Waals surface area contributed by atoms with E-state index in [0.29, 0.717) is 5.69 Å². The number of halogens is 3. The van der Waals surface area contributed by atoms with Crippen molar-refractivity contribution in [2.75, 3.05) is 12.3 Å². The maximum Gasteiger partial charge on any atom is 0.471 e. The van der Waals surface area contributed by atoms with Crippen molar-refractivity contribution in [2.24, 2.45) is 7.05 Å². The van der Waals surface area contributed by atoms with Crippen molar-refractivity contribution in [1.29, 1.82) is 0 Å². The standard InChI is InChI=1S/C9H14F3N3O3S2/c1-6-8(7(2)15(3)14-6)20(17,18)13-4-5-19(16)9(10,11)12/h13H,4-5H2,1-3H3. The number of nitrogens with one attached hydrogen (secondary N) is 1. The van der Waals surface area contributed by atoms with Crippen LogP contribution in [0.5, 0.6) is 0 Å². The van der Waals surface area contributed by atoms with Gasteiger partial charge in [-0.1, -0.05) is 0 Å². The average molecular weight is 333 g/mol. The Morgan fingerprint density at radius 2 is 1.90 bits per heavy atom. The van der Waals surface area contributed by atoms with Crippen LogP contribution in [0.1, 0.15) is 11.4 Å². The van der Waals surface area contributed by atoms with Crippen LogP contribution in [0.25, 0.3) is 0 Å². The smallest absolute Gasteiger partial charge is 0.271 e. The third kappa shape index (κ3) is 3.79. The van der Waals surface area contributed by atoms with Crippen LogP contribution in [0.15, 0.2) is 4.90 Å². The lowest BCUT2D eigenvalue weighted by molar-refractivity contribution is -0.0383. The quantitative estimate of drug-likeness (QED) is 0.855. The van der Waals surface area contributed by atoms with E-state index in [-0.39, 0.29) is 10.6 Å². The Bertz CT molecular complexity index is 622. The van der Waals surface area contributed by atoms with E-state index in [1.165, 1.54) is 18.5 Å². The third-order valence-electron chi connectivity index (χ3n) is 2.55. The van der Waals surface area contributed by atoms with Crippen LogP contribution in [0.3, 0.4) is 0 Å². The summed E-state index contributed by atoms with van der Waals surface area (Å²) >= 11 is 0. The molecule has 0 fully saturated rings. The summed E-state index contributed by atoms with van der Waals surface area (Å²) in [5.41, 5.74) is -4.23. The minimum atomic E-state index is -4.84. The van der Waals surface area contributed by atoms with E-state index in [9.17, 15) is 25.8 Å². The molecule has 20 heavy (non-hydrogen) atoms. The predicted octanol–water partition coefficient (Wildman–Crippen LogP) is 0.584. The molecule has 1 heterocycles. The van der Waals surface area contributed by atoms with Crippen LogP contribution in [-0.4, -0.2) is 40.2 Å². The zero-order chi connectivity index (χ0) is 15.7. The molecule has 0 spiro atoms. The first-order valence-corrected chi connectivity index (χ1v) is 8.22. The van der Waals surface area contributed by atoms with Gasteiger partial charge in [0.15, 0.2) is 0 Å². The fraction of sp³-hybridized carbons (Fsp3) is 0.667. The topological polar surface area (TPSA) is 81.1 Å². The van der Waals surface area contributed by atoms with Gasteiger partial charge >= 0.3 is 5.51 Å². The van der Waals surface area contributed by atoms with Crippen molar-refractivity contribution in [3.8, 4) is 0 Å². The molecule has 0 aromatic carbocycles. The zero-order valence-electron chi connectivity index (χ0n) is 11.0. The number of aromatic nitrogens is 2. The van der Waals surface area contributed by atoms with Gasteiger partial charge in [0.05, 0.1) is 11.4 Å². The molecule has 1 aromatic heterocycles. The first-order chi connectivity index (χ1) is 8.97. The van der Waals surface area contributed by atoms with Gasteiger partial charge in [-0.25, -0.2) is 13.1 Å². The Labute approximate surface area is 116 Å². The van der Waals surface area contributed by atoms with Gasteiger partial charge in [0, 0.05) is 19.3 Å². The summed E-state index contributed by atoms with van der Waals surface area (Å²) in [5, 5.41) is 3.92. The monoisotopic (exact) mass is 333 g/mol. The molecule has 0 aliphatic heterocycles. The molecular weight excluding hydrogens is 319 g/mol. The maximum atomic E-state index is 12.0. The molecule has 1 unspecified atom stereocenters. The van der Waals surface area contributed by atoms with Gasteiger partial charge in [-0.3, -0.25) is 8.89 Å². The van der Waals surface area contributed by atoms with Gasteiger partial charge in [-0.2, -0.15) is 18.3 Å². The Balaban J connectivity index is 2.80. The highest BCUT2D eigenvalue weighted by atomic mass is 32.2. The van der Waals surface area contributed by atoms with Crippen molar-refractivity contribution in [3.63, 3.8) is 0 Å². The molecule has 1 rings (SSSR count). The maximum absolute atomic E-state index is 12.0. The minimum Gasteiger partial charge on any atom is -0.271 e. The summed E-state index contributed by atoms with van der Waals surface area (Å²) < 4.78 is 74.2. The van der Waals surface area contributed by atoms with Gasteiger partial charge in [-0.05, 0) is 13.8 Å². The molecule has 0 bridgehead atoms. The van der Waals surface area contributed by atoms with E-state index >= 15 is 0 Å². The Morgan fingerprint density at radius 3 is 2.30 bits per heavy atom. The van der Waals surface area contributed by atoms with Crippen molar-refractivity contribution in [2.45, 2.75) is 24.3 Å². The van der Waals surface area contributed by atoms with E-state index in [0.717, 1.165) is 0 Å². The first-order valence-electron chi connectivity index (χ1n) is 5.42. The Morgan fingerprint density at radius 1 is 1.35 bits per heavy atom. The summed E-state index contributed by atoms with van der Waals surface area (Å²) in [5.74, 6) is -0.832. The lowest BCUT2D eigenvalue weighted by atomic mass is 10.4. The summed E-state index contributed by atoms with van der Waals surface area (Å²) in [7, 11) is -5.50. The number of aryl methyl sites for hydroxylation is 2. The summed E-state index contributed by atoms with van der Waals surface area (Å²) in [6, 6.07) is 0. The summed E-state index contributed by atoms with van der Waals surface area (Å²) in [6.45, 7) is 2.44. The lowest BCUT2D eigenvalue weighted by Crippen LogP contribution is -2.31. The first kappa shape index (κ1) is 17.1. The predicted molar refractivity (Wildman–Crippen MR) is 66.9 cm³/mol. The van der Waals surface area contributed by atoms with Crippen molar-refractivity contribution in [1.82, 2.24) is 14.5 Å². The van der Waals surface area contributed by atoms with Crippen LogP contribution in [0, 0.1) is 13.8 Å². The van der Waals surface area contributed by atoms with Crippen LogP contribution < -0.4 is 4.72 Å². The molecule has 116 valence electrons. The number of hydrogen-bond acceptors (Lipinski definition) is 4. The molecule has 6 nitrogen and oxygen atoms in total. The van der Waals surface area contributed by atoms with Crippen molar-refractivity contribution in [3.05, 3.63) is 11.4 Å². The Kier molecular flexibility index (Phi) is 4.98. The molecule has 1 aromatic rings. The highest BCUT2D eigenvalue weighted by Gasteiger charge is 2.36. The second-order valence-electron chi connectivity index (χ2n) is 4.02.